The van der Waals surface area contributed by atoms with E-state index in [9.17, 15) is 0 Å². The molecule has 0 fully saturated rings. The molecule has 1 aromatic carbocycles. The standard InChI is InChI=1S/C13H6Cl2N4/c14-10-2-1-8(6-16)5-11(10)19-13-12(15)9(7-17)3-4-18-13/h1-5H,(H,18,19). The Labute approximate surface area is 119 Å². The Morgan fingerprint density at radius 2 is 1.89 bits per heavy atom. The molecule has 0 saturated heterocycles. The average molecular weight is 289 g/mol. The second-order valence-electron chi connectivity index (χ2n) is 3.56. The molecule has 0 unspecified atom stereocenters. The molecule has 2 aromatic rings. The SMILES string of the molecule is N#Cc1ccc(Cl)c(Nc2nccc(C#N)c2Cl)c1. The van der Waals surface area contributed by atoms with Gasteiger partial charge in [-0.25, -0.2) is 4.98 Å². The van der Waals surface area contributed by atoms with Crippen molar-refractivity contribution in [2.45, 2.75) is 0 Å². The van der Waals surface area contributed by atoms with Gasteiger partial charge in [0.15, 0.2) is 5.82 Å². The highest BCUT2D eigenvalue weighted by Gasteiger charge is 2.09. The summed E-state index contributed by atoms with van der Waals surface area (Å²) < 4.78 is 0. The van der Waals surface area contributed by atoms with Crippen LogP contribution in [-0.4, -0.2) is 4.98 Å². The van der Waals surface area contributed by atoms with E-state index in [4.69, 9.17) is 33.7 Å². The summed E-state index contributed by atoms with van der Waals surface area (Å²) in [4.78, 5) is 4.04. The van der Waals surface area contributed by atoms with Crippen LogP contribution in [0.25, 0.3) is 0 Å². The van der Waals surface area contributed by atoms with E-state index in [2.05, 4.69) is 10.3 Å². The Bertz CT molecular complexity index is 714. The number of anilines is 2. The second kappa shape index (κ2) is 5.58. The van der Waals surface area contributed by atoms with Gasteiger partial charge in [0.1, 0.15) is 11.1 Å². The molecule has 1 heterocycles. The third kappa shape index (κ3) is 2.77. The summed E-state index contributed by atoms with van der Waals surface area (Å²) in [6.45, 7) is 0. The molecule has 0 aliphatic rings. The van der Waals surface area contributed by atoms with E-state index in [0.29, 0.717) is 27.7 Å². The van der Waals surface area contributed by atoms with Gasteiger partial charge in [0.25, 0.3) is 0 Å². The van der Waals surface area contributed by atoms with Gasteiger partial charge in [0.05, 0.1) is 27.9 Å². The molecule has 1 aromatic heterocycles. The molecule has 0 saturated carbocycles. The fourth-order valence-electron chi connectivity index (χ4n) is 1.44. The monoisotopic (exact) mass is 288 g/mol. The van der Waals surface area contributed by atoms with Crippen molar-refractivity contribution in [1.82, 2.24) is 4.98 Å². The molecule has 0 radical (unpaired) electrons. The highest BCUT2D eigenvalue weighted by atomic mass is 35.5. The highest BCUT2D eigenvalue weighted by molar-refractivity contribution is 6.35. The number of pyridine rings is 1. The predicted octanol–water partition coefficient (Wildman–Crippen LogP) is 3.88. The maximum Gasteiger partial charge on any atom is 0.150 e. The Hall–Kier alpha value is -2.27. The molecule has 6 heteroatoms. The maximum atomic E-state index is 8.89. The smallest absolute Gasteiger partial charge is 0.150 e. The van der Waals surface area contributed by atoms with Crippen LogP contribution in [0, 0.1) is 22.7 Å². The Balaban J connectivity index is 2.43. The van der Waals surface area contributed by atoms with Crippen molar-refractivity contribution in [2.75, 3.05) is 5.32 Å². The van der Waals surface area contributed by atoms with Crippen LogP contribution >= 0.6 is 23.2 Å². The predicted molar refractivity (Wildman–Crippen MR) is 73.4 cm³/mol. The lowest BCUT2D eigenvalue weighted by Gasteiger charge is -2.09. The van der Waals surface area contributed by atoms with Gasteiger partial charge in [-0.05, 0) is 24.3 Å². The second-order valence-corrected chi connectivity index (χ2v) is 4.35. The lowest BCUT2D eigenvalue weighted by atomic mass is 10.2. The zero-order chi connectivity index (χ0) is 13.8. The van der Waals surface area contributed by atoms with Crippen LogP contribution < -0.4 is 5.32 Å². The summed E-state index contributed by atoms with van der Waals surface area (Å²) in [6, 6.07) is 10.3. The maximum absolute atomic E-state index is 8.89. The van der Waals surface area contributed by atoms with Gasteiger partial charge in [0, 0.05) is 6.20 Å². The van der Waals surface area contributed by atoms with Crippen molar-refractivity contribution in [2.24, 2.45) is 0 Å². The minimum Gasteiger partial charge on any atom is -0.338 e. The Morgan fingerprint density at radius 3 is 2.58 bits per heavy atom. The van der Waals surface area contributed by atoms with E-state index in [1.54, 1.807) is 18.2 Å². The largest absolute Gasteiger partial charge is 0.338 e. The number of rotatable bonds is 2. The summed E-state index contributed by atoms with van der Waals surface area (Å²) in [5.74, 6) is 0.317. The topological polar surface area (TPSA) is 72.5 Å². The van der Waals surface area contributed by atoms with Crippen LogP contribution in [0.1, 0.15) is 11.1 Å². The van der Waals surface area contributed by atoms with E-state index < -0.39 is 0 Å². The van der Waals surface area contributed by atoms with Gasteiger partial charge >= 0.3 is 0 Å². The molecule has 92 valence electrons. The number of hydrogen-bond donors (Lipinski definition) is 1. The molecule has 19 heavy (non-hydrogen) atoms. The van der Waals surface area contributed by atoms with Crippen LogP contribution in [0.3, 0.4) is 0 Å². The van der Waals surface area contributed by atoms with Gasteiger partial charge in [-0.15, -0.1) is 0 Å². The Kier molecular flexibility index (Phi) is 3.87. The zero-order valence-corrected chi connectivity index (χ0v) is 11.0. The first-order chi connectivity index (χ1) is 9.15. The molecule has 2 rings (SSSR count). The molecular weight excluding hydrogens is 283 g/mol. The fourth-order valence-corrected chi connectivity index (χ4v) is 1.80. The Morgan fingerprint density at radius 1 is 1.11 bits per heavy atom. The molecule has 1 N–H and O–H groups in total. The lowest BCUT2D eigenvalue weighted by Crippen LogP contribution is -1.97. The first kappa shape index (κ1) is 13.2. The third-order valence-electron chi connectivity index (χ3n) is 2.36. The molecule has 0 amide bonds. The third-order valence-corrected chi connectivity index (χ3v) is 3.07. The number of hydrogen-bond acceptors (Lipinski definition) is 4. The fraction of sp³-hybridized carbons (Fsp3) is 0. The van der Waals surface area contributed by atoms with Crippen molar-refractivity contribution in [3.05, 3.63) is 51.6 Å². The van der Waals surface area contributed by atoms with Crippen molar-refractivity contribution in [1.29, 1.82) is 10.5 Å². The molecule has 0 aliphatic carbocycles. The van der Waals surface area contributed by atoms with Gasteiger partial charge in [-0.1, -0.05) is 23.2 Å². The van der Waals surface area contributed by atoms with Gasteiger partial charge < -0.3 is 5.32 Å². The van der Waals surface area contributed by atoms with Gasteiger partial charge in [-0.2, -0.15) is 10.5 Å². The quantitative estimate of drug-likeness (QED) is 0.910. The lowest BCUT2D eigenvalue weighted by molar-refractivity contribution is 1.29. The van der Waals surface area contributed by atoms with Crippen molar-refractivity contribution < 1.29 is 0 Å². The van der Waals surface area contributed by atoms with E-state index in [1.165, 1.54) is 12.3 Å². The number of benzene rings is 1. The number of halogens is 2. The molecule has 0 aliphatic heterocycles. The number of nitrogens with one attached hydrogen (secondary N) is 1. The number of nitrogens with zero attached hydrogens (tertiary/aromatic N) is 3. The van der Waals surface area contributed by atoms with E-state index in [1.807, 2.05) is 12.1 Å². The number of aromatic nitrogens is 1. The van der Waals surface area contributed by atoms with Crippen LogP contribution in [0.15, 0.2) is 30.5 Å². The molecule has 4 nitrogen and oxygen atoms in total. The average Bonchev–Trinajstić information content (AvgIpc) is 2.43. The van der Waals surface area contributed by atoms with Crippen LogP contribution in [0.4, 0.5) is 11.5 Å². The highest BCUT2D eigenvalue weighted by Crippen LogP contribution is 2.30. The first-order valence-electron chi connectivity index (χ1n) is 5.17. The zero-order valence-electron chi connectivity index (χ0n) is 9.48. The minimum absolute atomic E-state index is 0.212. The number of nitriles is 2. The van der Waals surface area contributed by atoms with Crippen LogP contribution in [0.2, 0.25) is 10.0 Å². The normalized spacial score (nSPS) is 9.47. The molecule has 0 spiro atoms. The summed E-state index contributed by atoms with van der Waals surface area (Å²) in [6.07, 6.45) is 1.47. The van der Waals surface area contributed by atoms with E-state index >= 15 is 0 Å². The molecule has 0 atom stereocenters. The van der Waals surface area contributed by atoms with Crippen molar-refractivity contribution in [3.63, 3.8) is 0 Å². The molecule has 0 bridgehead atoms. The summed E-state index contributed by atoms with van der Waals surface area (Å²) in [5.41, 5.74) is 1.27. The first-order valence-corrected chi connectivity index (χ1v) is 5.92. The molecular formula is C13H6Cl2N4. The van der Waals surface area contributed by atoms with Gasteiger partial charge in [-0.3, -0.25) is 0 Å². The van der Waals surface area contributed by atoms with E-state index in [-0.39, 0.29) is 5.02 Å². The van der Waals surface area contributed by atoms with Crippen LogP contribution in [-0.2, 0) is 0 Å². The minimum atomic E-state index is 0.212. The van der Waals surface area contributed by atoms with E-state index in [0.717, 1.165) is 0 Å². The van der Waals surface area contributed by atoms with Gasteiger partial charge in [0.2, 0.25) is 0 Å². The van der Waals surface area contributed by atoms with Crippen LogP contribution in [0.5, 0.6) is 0 Å². The van der Waals surface area contributed by atoms with Crippen molar-refractivity contribution in [3.8, 4) is 12.1 Å². The summed E-state index contributed by atoms with van der Waals surface area (Å²) in [7, 11) is 0. The summed E-state index contributed by atoms with van der Waals surface area (Å²) >= 11 is 12.1. The van der Waals surface area contributed by atoms with Crippen molar-refractivity contribution >= 4 is 34.7 Å². The summed E-state index contributed by atoms with van der Waals surface area (Å²) in [5, 5.41) is 21.3.